The van der Waals surface area contributed by atoms with Crippen molar-refractivity contribution in [2.24, 2.45) is 5.41 Å². The van der Waals surface area contributed by atoms with Crippen LogP contribution in [0.25, 0.3) is 0 Å². The summed E-state index contributed by atoms with van der Waals surface area (Å²) in [6.45, 7) is 2.09. The van der Waals surface area contributed by atoms with Crippen LogP contribution in [0.4, 0.5) is 18.9 Å². The molecule has 0 spiro atoms. The molecular weight excluding hydrogens is 373 g/mol. The molecule has 1 heterocycles. The smallest absolute Gasteiger partial charge is 0.422 e. The van der Waals surface area contributed by atoms with Crippen molar-refractivity contribution in [2.45, 2.75) is 25.9 Å². The summed E-state index contributed by atoms with van der Waals surface area (Å²) in [6.07, 6.45) is -3.06. The molecule has 1 aliphatic heterocycles. The highest BCUT2D eigenvalue weighted by atomic mass is 35.5. The molecule has 1 aromatic carbocycles. The maximum atomic E-state index is 12.7. The molecule has 0 radical (unpaired) electrons. The van der Waals surface area contributed by atoms with Crippen molar-refractivity contribution in [2.75, 3.05) is 38.7 Å². The van der Waals surface area contributed by atoms with E-state index in [9.17, 15) is 18.0 Å². The highest BCUT2D eigenvalue weighted by Crippen LogP contribution is 2.32. The molecule has 26 heavy (non-hydrogen) atoms. The SMILES string of the molecule is COCC1(C(=O)Nc2ccc(OCC(F)(F)F)c(C)c2)CCNCC1.Cl. The summed E-state index contributed by atoms with van der Waals surface area (Å²) < 4.78 is 46.7. The quantitative estimate of drug-likeness (QED) is 0.774. The average molecular weight is 397 g/mol. The first-order chi connectivity index (χ1) is 11.8. The number of piperidine rings is 1. The monoisotopic (exact) mass is 396 g/mol. The third-order valence-electron chi connectivity index (χ3n) is 4.29. The molecule has 0 aromatic heterocycles. The van der Waals surface area contributed by atoms with Crippen LogP contribution < -0.4 is 15.4 Å². The molecule has 1 aliphatic rings. The van der Waals surface area contributed by atoms with Crippen LogP contribution in [0.1, 0.15) is 18.4 Å². The minimum absolute atomic E-state index is 0. The number of nitrogens with one attached hydrogen (secondary N) is 2. The van der Waals surface area contributed by atoms with E-state index in [2.05, 4.69) is 10.6 Å². The lowest BCUT2D eigenvalue weighted by atomic mass is 9.78. The number of halogens is 4. The number of carbonyl (C=O) groups excluding carboxylic acids is 1. The van der Waals surface area contributed by atoms with Gasteiger partial charge in [0.1, 0.15) is 5.75 Å². The van der Waals surface area contributed by atoms with Crippen molar-refractivity contribution >= 4 is 24.0 Å². The Hall–Kier alpha value is -1.51. The first-order valence-electron chi connectivity index (χ1n) is 8.07. The largest absolute Gasteiger partial charge is 0.484 e. The standard InChI is InChI=1S/C17H23F3N2O3.ClH/c1-12-9-13(3-4-14(12)25-11-17(18,19)20)22-15(23)16(10-24-2)5-7-21-8-6-16;/h3-4,9,21H,5-8,10-11H2,1-2H3,(H,22,23);1H. The van der Waals surface area contributed by atoms with Crippen molar-refractivity contribution in [3.63, 3.8) is 0 Å². The van der Waals surface area contributed by atoms with E-state index in [0.717, 1.165) is 13.1 Å². The van der Waals surface area contributed by atoms with Crippen LogP contribution in [0.5, 0.6) is 5.75 Å². The van der Waals surface area contributed by atoms with Crippen molar-refractivity contribution in [1.82, 2.24) is 5.32 Å². The summed E-state index contributed by atoms with van der Waals surface area (Å²) in [5.41, 5.74) is 0.448. The maximum absolute atomic E-state index is 12.7. The van der Waals surface area contributed by atoms with E-state index in [4.69, 9.17) is 9.47 Å². The summed E-state index contributed by atoms with van der Waals surface area (Å²) in [7, 11) is 1.56. The Labute approximate surface area is 157 Å². The molecule has 5 nitrogen and oxygen atoms in total. The van der Waals surface area contributed by atoms with Crippen LogP contribution in [-0.4, -0.2) is 45.5 Å². The molecule has 0 unspecified atom stereocenters. The second kappa shape index (κ2) is 9.43. The van der Waals surface area contributed by atoms with Gasteiger partial charge in [-0.25, -0.2) is 0 Å². The highest BCUT2D eigenvalue weighted by molar-refractivity contribution is 5.95. The van der Waals surface area contributed by atoms with E-state index >= 15 is 0 Å². The lowest BCUT2D eigenvalue weighted by Crippen LogP contribution is -2.47. The fourth-order valence-electron chi connectivity index (χ4n) is 2.93. The van der Waals surface area contributed by atoms with Gasteiger partial charge in [0.25, 0.3) is 0 Å². The number of hydrogen-bond acceptors (Lipinski definition) is 4. The number of methoxy groups -OCH3 is 1. The molecule has 148 valence electrons. The number of amides is 1. The molecule has 1 amide bonds. The molecule has 9 heteroatoms. The Morgan fingerprint density at radius 2 is 1.96 bits per heavy atom. The molecule has 1 fully saturated rings. The Balaban J connectivity index is 0.00000338. The molecule has 0 aliphatic carbocycles. The second-order valence-electron chi connectivity index (χ2n) is 6.30. The van der Waals surface area contributed by atoms with Gasteiger partial charge >= 0.3 is 6.18 Å². The summed E-state index contributed by atoms with van der Waals surface area (Å²) in [5, 5.41) is 6.07. The normalized spacial score (nSPS) is 16.5. The number of ether oxygens (including phenoxy) is 2. The number of rotatable bonds is 6. The summed E-state index contributed by atoms with van der Waals surface area (Å²) in [4.78, 5) is 12.7. The zero-order chi connectivity index (χ0) is 18.5. The molecule has 1 aromatic rings. The van der Waals surface area contributed by atoms with Gasteiger partial charge in [-0.15, -0.1) is 12.4 Å². The molecule has 1 saturated heterocycles. The second-order valence-corrected chi connectivity index (χ2v) is 6.30. The Morgan fingerprint density at radius 1 is 1.31 bits per heavy atom. The van der Waals surface area contributed by atoms with Crippen molar-refractivity contribution in [1.29, 1.82) is 0 Å². The zero-order valence-corrected chi connectivity index (χ0v) is 15.6. The van der Waals surface area contributed by atoms with Crippen LogP contribution in [0.3, 0.4) is 0 Å². The highest BCUT2D eigenvalue weighted by Gasteiger charge is 2.39. The molecule has 0 bridgehead atoms. The third kappa shape index (κ3) is 6.03. The van der Waals surface area contributed by atoms with E-state index in [1.165, 1.54) is 12.1 Å². The fourth-order valence-corrected chi connectivity index (χ4v) is 2.93. The van der Waals surface area contributed by atoms with Gasteiger partial charge in [-0.3, -0.25) is 4.79 Å². The molecule has 2 N–H and O–H groups in total. The van der Waals surface area contributed by atoms with E-state index in [-0.39, 0.29) is 24.1 Å². The lowest BCUT2D eigenvalue weighted by molar-refractivity contribution is -0.153. The number of hydrogen-bond donors (Lipinski definition) is 2. The van der Waals surface area contributed by atoms with Gasteiger partial charge in [-0.05, 0) is 56.6 Å². The number of alkyl halides is 3. The lowest BCUT2D eigenvalue weighted by Gasteiger charge is -2.35. The molecular formula is C17H24ClF3N2O3. The van der Waals surface area contributed by atoms with Gasteiger partial charge in [0.05, 0.1) is 12.0 Å². The maximum Gasteiger partial charge on any atom is 0.422 e. The van der Waals surface area contributed by atoms with Gasteiger partial charge in [-0.2, -0.15) is 13.2 Å². The van der Waals surface area contributed by atoms with E-state index in [1.807, 2.05) is 0 Å². The summed E-state index contributed by atoms with van der Waals surface area (Å²) >= 11 is 0. The van der Waals surface area contributed by atoms with Crippen LogP contribution in [0, 0.1) is 12.3 Å². The number of benzene rings is 1. The zero-order valence-electron chi connectivity index (χ0n) is 14.7. The fraction of sp³-hybridized carbons (Fsp3) is 0.588. The number of anilines is 1. The van der Waals surface area contributed by atoms with Gasteiger partial charge in [0.15, 0.2) is 6.61 Å². The predicted molar refractivity (Wildman–Crippen MR) is 95.0 cm³/mol. The predicted octanol–water partition coefficient (Wildman–Crippen LogP) is 3.31. The van der Waals surface area contributed by atoms with E-state index in [1.54, 1.807) is 20.1 Å². The Bertz CT molecular complexity index is 600. The van der Waals surface area contributed by atoms with E-state index in [0.29, 0.717) is 30.7 Å². The molecule has 0 saturated carbocycles. The van der Waals surface area contributed by atoms with Crippen LogP contribution in [0.2, 0.25) is 0 Å². The average Bonchev–Trinajstić information content (AvgIpc) is 2.54. The van der Waals surface area contributed by atoms with Gasteiger partial charge < -0.3 is 20.1 Å². The summed E-state index contributed by atoms with van der Waals surface area (Å²) in [6, 6.07) is 4.57. The van der Waals surface area contributed by atoms with Crippen LogP contribution in [-0.2, 0) is 9.53 Å². The molecule has 0 atom stereocenters. The van der Waals surface area contributed by atoms with Crippen LogP contribution >= 0.6 is 12.4 Å². The topological polar surface area (TPSA) is 59.6 Å². The Kier molecular flexibility index (Phi) is 8.17. The Morgan fingerprint density at radius 3 is 2.50 bits per heavy atom. The van der Waals surface area contributed by atoms with Gasteiger partial charge in [0.2, 0.25) is 5.91 Å². The number of aryl methyl sites for hydroxylation is 1. The minimum atomic E-state index is -4.39. The molecule has 2 rings (SSSR count). The van der Waals surface area contributed by atoms with Crippen LogP contribution in [0.15, 0.2) is 18.2 Å². The van der Waals surface area contributed by atoms with Gasteiger partial charge in [-0.1, -0.05) is 0 Å². The number of carbonyl (C=O) groups is 1. The third-order valence-corrected chi connectivity index (χ3v) is 4.29. The van der Waals surface area contributed by atoms with Crippen molar-refractivity contribution < 1.29 is 27.4 Å². The first-order valence-corrected chi connectivity index (χ1v) is 8.07. The van der Waals surface area contributed by atoms with Gasteiger partial charge in [0, 0.05) is 12.8 Å². The first kappa shape index (κ1) is 22.5. The van der Waals surface area contributed by atoms with E-state index < -0.39 is 18.2 Å². The van der Waals surface area contributed by atoms with Crippen molar-refractivity contribution in [3.05, 3.63) is 23.8 Å². The summed E-state index contributed by atoms with van der Waals surface area (Å²) in [5.74, 6) is 0.00278. The van der Waals surface area contributed by atoms with Crippen molar-refractivity contribution in [3.8, 4) is 5.75 Å². The minimum Gasteiger partial charge on any atom is -0.484 e.